The first-order valence-corrected chi connectivity index (χ1v) is 7.53. The van der Waals surface area contributed by atoms with E-state index in [1.165, 1.54) is 4.90 Å². The molecule has 0 spiro atoms. The van der Waals surface area contributed by atoms with Gasteiger partial charge in [0.05, 0.1) is 0 Å². The smallest absolute Gasteiger partial charge is 0.312 e. The summed E-state index contributed by atoms with van der Waals surface area (Å²) in [6.07, 6.45) is 5.51. The molecule has 5 nitrogen and oxygen atoms in total. The predicted molar refractivity (Wildman–Crippen MR) is 84.0 cm³/mol. The fourth-order valence-corrected chi connectivity index (χ4v) is 2.87. The van der Waals surface area contributed by atoms with Crippen LogP contribution in [0.15, 0.2) is 36.7 Å². The zero-order chi connectivity index (χ0) is 15.5. The van der Waals surface area contributed by atoms with Crippen molar-refractivity contribution in [1.82, 2.24) is 14.8 Å². The number of hydrogen-bond donors (Lipinski definition) is 0. The second-order valence-electron chi connectivity index (χ2n) is 5.67. The highest BCUT2D eigenvalue weighted by molar-refractivity contribution is 6.34. The Morgan fingerprint density at radius 1 is 1.23 bits per heavy atom. The molecule has 0 radical (unpaired) electrons. The first-order valence-electron chi connectivity index (χ1n) is 7.53. The molecule has 1 aliphatic rings. The molecule has 1 fully saturated rings. The lowest BCUT2D eigenvalue weighted by atomic mass is 10.1. The number of benzene rings is 1. The van der Waals surface area contributed by atoms with Crippen molar-refractivity contribution >= 4 is 22.6 Å². The third-order valence-corrected chi connectivity index (χ3v) is 4.10. The average molecular weight is 297 g/mol. The van der Waals surface area contributed by atoms with Crippen molar-refractivity contribution in [2.75, 3.05) is 20.1 Å². The van der Waals surface area contributed by atoms with Gasteiger partial charge in [-0.3, -0.25) is 14.6 Å². The Labute approximate surface area is 129 Å². The third kappa shape index (κ3) is 2.79. The first kappa shape index (κ1) is 14.5. The van der Waals surface area contributed by atoms with E-state index in [4.69, 9.17) is 0 Å². The molecule has 22 heavy (non-hydrogen) atoms. The van der Waals surface area contributed by atoms with E-state index in [1.807, 2.05) is 24.3 Å². The van der Waals surface area contributed by atoms with Crippen molar-refractivity contribution in [2.24, 2.45) is 0 Å². The van der Waals surface area contributed by atoms with Crippen LogP contribution in [0.3, 0.4) is 0 Å². The Hall–Kier alpha value is -2.43. The lowest BCUT2D eigenvalue weighted by molar-refractivity contribution is -0.150. The second-order valence-corrected chi connectivity index (χ2v) is 5.67. The van der Waals surface area contributed by atoms with Crippen molar-refractivity contribution in [1.29, 1.82) is 0 Å². The van der Waals surface area contributed by atoms with Gasteiger partial charge < -0.3 is 9.80 Å². The van der Waals surface area contributed by atoms with Gasteiger partial charge in [0.2, 0.25) is 0 Å². The standard InChI is InChI=1S/C17H19N3O2/c1-19(16(21)17(22)20-9-2-3-10-20)12-14-6-4-5-13-11-18-8-7-15(13)14/h4-8,11H,2-3,9-10,12H2,1H3. The number of nitrogens with zero attached hydrogens (tertiary/aromatic N) is 3. The summed E-state index contributed by atoms with van der Waals surface area (Å²) in [6, 6.07) is 7.85. The van der Waals surface area contributed by atoms with Gasteiger partial charge in [-0.15, -0.1) is 0 Å². The lowest BCUT2D eigenvalue weighted by Crippen LogP contribution is -2.42. The summed E-state index contributed by atoms with van der Waals surface area (Å²) < 4.78 is 0. The number of rotatable bonds is 2. The Kier molecular flexibility index (Phi) is 4.04. The van der Waals surface area contributed by atoms with Gasteiger partial charge in [-0.1, -0.05) is 18.2 Å². The van der Waals surface area contributed by atoms with Crippen LogP contribution in [0.4, 0.5) is 0 Å². The molecule has 1 aromatic carbocycles. The maximum absolute atomic E-state index is 12.3. The van der Waals surface area contributed by atoms with Crippen LogP contribution in [0, 0.1) is 0 Å². The normalized spacial score (nSPS) is 14.3. The first-order chi connectivity index (χ1) is 10.7. The van der Waals surface area contributed by atoms with Gasteiger partial charge in [0.25, 0.3) is 0 Å². The van der Waals surface area contributed by atoms with Crippen molar-refractivity contribution in [3.63, 3.8) is 0 Å². The monoisotopic (exact) mass is 297 g/mol. The molecule has 1 saturated heterocycles. The SMILES string of the molecule is CN(Cc1cccc2cnccc12)C(=O)C(=O)N1CCCC1. The van der Waals surface area contributed by atoms with Crippen molar-refractivity contribution in [3.8, 4) is 0 Å². The molecule has 2 heterocycles. The largest absolute Gasteiger partial charge is 0.334 e. The number of aromatic nitrogens is 1. The number of hydrogen-bond acceptors (Lipinski definition) is 3. The summed E-state index contributed by atoms with van der Waals surface area (Å²) in [5.74, 6) is -0.824. The number of fused-ring (bicyclic) bond motifs is 1. The van der Waals surface area contributed by atoms with Crippen LogP contribution in [0.2, 0.25) is 0 Å². The Balaban J connectivity index is 1.76. The molecule has 114 valence electrons. The van der Waals surface area contributed by atoms with E-state index in [2.05, 4.69) is 4.98 Å². The third-order valence-electron chi connectivity index (χ3n) is 4.10. The maximum Gasteiger partial charge on any atom is 0.312 e. The fraction of sp³-hybridized carbons (Fsp3) is 0.353. The maximum atomic E-state index is 12.3. The number of amides is 2. The molecule has 1 aliphatic heterocycles. The van der Waals surface area contributed by atoms with Gasteiger partial charge in [-0.25, -0.2) is 0 Å². The van der Waals surface area contributed by atoms with Gasteiger partial charge in [0.1, 0.15) is 0 Å². The van der Waals surface area contributed by atoms with Crippen LogP contribution < -0.4 is 0 Å². The molecule has 2 amide bonds. The molecular formula is C17H19N3O2. The number of carbonyl (C=O) groups is 2. The zero-order valence-electron chi connectivity index (χ0n) is 12.7. The summed E-state index contributed by atoms with van der Waals surface area (Å²) in [6.45, 7) is 1.80. The predicted octanol–water partition coefficient (Wildman–Crippen LogP) is 1.82. The molecule has 0 N–H and O–H groups in total. The van der Waals surface area contributed by atoms with Crippen LogP contribution in [-0.2, 0) is 16.1 Å². The molecule has 3 rings (SSSR count). The van der Waals surface area contributed by atoms with Crippen molar-refractivity contribution in [3.05, 3.63) is 42.2 Å². The lowest BCUT2D eigenvalue weighted by Gasteiger charge is -2.21. The summed E-state index contributed by atoms with van der Waals surface area (Å²) >= 11 is 0. The van der Waals surface area contributed by atoms with Gasteiger partial charge in [-0.05, 0) is 29.9 Å². The molecule has 0 atom stereocenters. The topological polar surface area (TPSA) is 53.5 Å². The minimum Gasteiger partial charge on any atom is -0.334 e. The minimum absolute atomic E-state index is 0.387. The molecule has 0 aliphatic carbocycles. The summed E-state index contributed by atoms with van der Waals surface area (Å²) in [5, 5.41) is 2.09. The van der Waals surface area contributed by atoms with E-state index in [0.717, 1.165) is 29.2 Å². The van der Waals surface area contributed by atoms with E-state index in [-0.39, 0.29) is 5.91 Å². The van der Waals surface area contributed by atoms with Gasteiger partial charge in [0, 0.05) is 44.5 Å². The molecule has 1 aromatic heterocycles. The van der Waals surface area contributed by atoms with Gasteiger partial charge in [0.15, 0.2) is 0 Å². The van der Waals surface area contributed by atoms with E-state index >= 15 is 0 Å². The highest BCUT2D eigenvalue weighted by Crippen LogP contribution is 2.19. The Morgan fingerprint density at radius 2 is 2.00 bits per heavy atom. The van der Waals surface area contributed by atoms with Crippen LogP contribution in [0.1, 0.15) is 18.4 Å². The zero-order valence-corrected chi connectivity index (χ0v) is 12.7. The second kappa shape index (κ2) is 6.13. The number of likely N-dealkylation sites (tertiary alicyclic amines) is 1. The highest BCUT2D eigenvalue weighted by Gasteiger charge is 2.27. The van der Waals surface area contributed by atoms with Crippen LogP contribution >= 0.6 is 0 Å². The highest BCUT2D eigenvalue weighted by atomic mass is 16.2. The fourth-order valence-electron chi connectivity index (χ4n) is 2.87. The Morgan fingerprint density at radius 3 is 2.77 bits per heavy atom. The molecule has 2 aromatic rings. The molecule has 0 saturated carbocycles. The van der Waals surface area contributed by atoms with E-state index < -0.39 is 5.91 Å². The minimum atomic E-state index is -0.437. The quantitative estimate of drug-likeness (QED) is 0.795. The van der Waals surface area contributed by atoms with Crippen molar-refractivity contribution < 1.29 is 9.59 Å². The van der Waals surface area contributed by atoms with Crippen LogP contribution in [0.25, 0.3) is 10.8 Å². The van der Waals surface area contributed by atoms with Crippen LogP contribution in [0.5, 0.6) is 0 Å². The molecular weight excluding hydrogens is 278 g/mol. The number of pyridine rings is 1. The molecule has 0 bridgehead atoms. The number of carbonyl (C=O) groups excluding carboxylic acids is 2. The summed E-state index contributed by atoms with van der Waals surface area (Å²) in [7, 11) is 1.68. The average Bonchev–Trinajstić information content (AvgIpc) is 3.08. The molecule has 0 unspecified atom stereocenters. The van der Waals surface area contributed by atoms with E-state index in [9.17, 15) is 9.59 Å². The van der Waals surface area contributed by atoms with Gasteiger partial charge in [-0.2, -0.15) is 0 Å². The van der Waals surface area contributed by atoms with E-state index in [0.29, 0.717) is 19.6 Å². The summed E-state index contributed by atoms with van der Waals surface area (Å²) in [5.41, 5.74) is 1.02. The van der Waals surface area contributed by atoms with Crippen LogP contribution in [-0.4, -0.2) is 46.7 Å². The van der Waals surface area contributed by atoms with Gasteiger partial charge >= 0.3 is 11.8 Å². The Bertz CT molecular complexity index is 703. The van der Waals surface area contributed by atoms with E-state index in [1.54, 1.807) is 24.3 Å². The summed E-state index contributed by atoms with van der Waals surface area (Å²) in [4.78, 5) is 31.7. The van der Waals surface area contributed by atoms with Crippen molar-refractivity contribution in [2.45, 2.75) is 19.4 Å². The molecule has 5 heteroatoms. The number of likely N-dealkylation sites (N-methyl/N-ethyl adjacent to an activating group) is 1.